The Morgan fingerprint density at radius 2 is 2.00 bits per heavy atom. The number of benzene rings is 1. The van der Waals surface area contributed by atoms with Crippen molar-refractivity contribution >= 4 is 5.91 Å². The number of terminal acetylenes is 1. The fourth-order valence-electron chi connectivity index (χ4n) is 2.56. The Morgan fingerprint density at radius 1 is 1.27 bits per heavy atom. The molecule has 0 aliphatic carbocycles. The summed E-state index contributed by atoms with van der Waals surface area (Å²) in [4.78, 5) is 14.1. The van der Waals surface area contributed by atoms with Gasteiger partial charge in [0, 0.05) is 13.1 Å². The van der Waals surface area contributed by atoms with Crippen molar-refractivity contribution in [3.8, 4) is 18.1 Å². The summed E-state index contributed by atoms with van der Waals surface area (Å²) in [5.41, 5.74) is 0. The number of hydrogen-bond donors (Lipinski definition) is 0. The van der Waals surface area contributed by atoms with Gasteiger partial charge in [-0.05, 0) is 30.9 Å². The predicted molar refractivity (Wildman–Crippen MR) is 85.5 cm³/mol. The maximum Gasteiger partial charge on any atom is 0.225 e. The van der Waals surface area contributed by atoms with Crippen LogP contribution >= 0.6 is 0 Å². The molecule has 22 heavy (non-hydrogen) atoms. The molecular formula is C18H23NO3. The average Bonchev–Trinajstić information content (AvgIpc) is 2.56. The first-order valence-electron chi connectivity index (χ1n) is 7.76. The predicted octanol–water partition coefficient (Wildman–Crippen LogP) is 2.34. The third-order valence-corrected chi connectivity index (χ3v) is 3.83. The van der Waals surface area contributed by atoms with Crippen molar-refractivity contribution in [1.82, 2.24) is 4.90 Å². The molecule has 1 saturated heterocycles. The van der Waals surface area contributed by atoms with Gasteiger partial charge in [-0.3, -0.25) is 4.79 Å². The van der Waals surface area contributed by atoms with E-state index in [0.29, 0.717) is 32.2 Å². The molecule has 1 fully saturated rings. The number of hydrogen-bond acceptors (Lipinski definition) is 3. The summed E-state index contributed by atoms with van der Waals surface area (Å²) < 4.78 is 10.9. The zero-order valence-electron chi connectivity index (χ0n) is 12.9. The number of carbonyl (C=O) groups excluding carboxylic acids is 1. The average molecular weight is 301 g/mol. The second-order valence-corrected chi connectivity index (χ2v) is 5.45. The van der Waals surface area contributed by atoms with Gasteiger partial charge in [0.25, 0.3) is 0 Å². The number of likely N-dealkylation sites (tertiary alicyclic amines) is 1. The third-order valence-electron chi connectivity index (χ3n) is 3.83. The first-order valence-corrected chi connectivity index (χ1v) is 7.76. The monoisotopic (exact) mass is 301 g/mol. The molecule has 118 valence electrons. The van der Waals surface area contributed by atoms with E-state index in [0.717, 1.165) is 31.7 Å². The Morgan fingerprint density at radius 3 is 2.68 bits per heavy atom. The number of piperidine rings is 1. The zero-order chi connectivity index (χ0) is 15.6. The quantitative estimate of drug-likeness (QED) is 0.573. The molecule has 0 spiro atoms. The van der Waals surface area contributed by atoms with Gasteiger partial charge < -0.3 is 14.4 Å². The normalized spacial score (nSPS) is 15.3. The van der Waals surface area contributed by atoms with Gasteiger partial charge in [-0.25, -0.2) is 0 Å². The lowest BCUT2D eigenvalue weighted by atomic mass is 9.97. The van der Waals surface area contributed by atoms with Crippen LogP contribution in [0.15, 0.2) is 30.3 Å². The van der Waals surface area contributed by atoms with Gasteiger partial charge in [0.1, 0.15) is 12.4 Å². The maximum atomic E-state index is 12.1. The van der Waals surface area contributed by atoms with E-state index in [1.54, 1.807) is 0 Å². The standard InChI is InChI=1S/C18H23NO3/c1-2-13-21-15-16-8-11-19(12-9-16)18(20)10-14-22-17-6-4-3-5-7-17/h1,3-7,16H,8-15H2. The number of para-hydroxylation sites is 1. The Kier molecular flexibility index (Phi) is 6.79. The molecule has 1 aliphatic heterocycles. The van der Waals surface area contributed by atoms with Crippen LogP contribution in [-0.4, -0.2) is 43.7 Å². The fourth-order valence-corrected chi connectivity index (χ4v) is 2.56. The summed E-state index contributed by atoms with van der Waals surface area (Å²) in [6.07, 6.45) is 7.54. The molecule has 4 heteroatoms. The van der Waals surface area contributed by atoms with Crippen molar-refractivity contribution < 1.29 is 14.3 Å². The van der Waals surface area contributed by atoms with Crippen molar-refractivity contribution in [2.24, 2.45) is 5.92 Å². The number of ether oxygens (including phenoxy) is 2. The number of rotatable bonds is 7. The maximum absolute atomic E-state index is 12.1. The highest BCUT2D eigenvalue weighted by molar-refractivity contribution is 5.76. The van der Waals surface area contributed by atoms with Crippen molar-refractivity contribution in [2.75, 3.05) is 32.9 Å². The number of nitrogens with zero attached hydrogens (tertiary/aromatic N) is 1. The van der Waals surface area contributed by atoms with E-state index in [2.05, 4.69) is 5.92 Å². The van der Waals surface area contributed by atoms with E-state index in [9.17, 15) is 4.79 Å². The summed E-state index contributed by atoms with van der Waals surface area (Å²) in [7, 11) is 0. The molecule has 2 rings (SSSR count). The van der Waals surface area contributed by atoms with Gasteiger partial charge in [-0.2, -0.15) is 0 Å². The van der Waals surface area contributed by atoms with Crippen LogP contribution in [0.5, 0.6) is 5.75 Å². The summed E-state index contributed by atoms with van der Waals surface area (Å²) in [6, 6.07) is 9.57. The molecule has 1 heterocycles. The van der Waals surface area contributed by atoms with Crippen LogP contribution in [0.1, 0.15) is 19.3 Å². The smallest absolute Gasteiger partial charge is 0.225 e. The fraction of sp³-hybridized carbons (Fsp3) is 0.500. The van der Waals surface area contributed by atoms with E-state index in [-0.39, 0.29) is 5.91 Å². The van der Waals surface area contributed by atoms with Crippen LogP contribution in [0.4, 0.5) is 0 Å². The molecule has 1 aromatic rings. The van der Waals surface area contributed by atoms with E-state index < -0.39 is 0 Å². The molecule has 1 aromatic carbocycles. The molecule has 4 nitrogen and oxygen atoms in total. The van der Waals surface area contributed by atoms with Gasteiger partial charge >= 0.3 is 0 Å². The Labute approximate surface area is 132 Å². The number of amides is 1. The first kappa shape index (κ1) is 16.4. The zero-order valence-corrected chi connectivity index (χ0v) is 12.9. The SMILES string of the molecule is C#CCOCC1CCN(C(=O)CCOc2ccccc2)CC1. The van der Waals surface area contributed by atoms with Crippen molar-refractivity contribution in [3.63, 3.8) is 0 Å². The van der Waals surface area contributed by atoms with Crippen LogP contribution in [0, 0.1) is 18.3 Å². The molecule has 0 saturated carbocycles. The molecular weight excluding hydrogens is 278 g/mol. The molecule has 0 aromatic heterocycles. The number of carbonyl (C=O) groups is 1. The summed E-state index contributed by atoms with van der Waals surface area (Å²) in [5, 5.41) is 0. The second kappa shape index (κ2) is 9.11. The Bertz CT molecular complexity index is 487. The minimum Gasteiger partial charge on any atom is -0.493 e. The highest BCUT2D eigenvalue weighted by Crippen LogP contribution is 2.18. The van der Waals surface area contributed by atoms with Crippen molar-refractivity contribution in [1.29, 1.82) is 0 Å². The molecule has 1 aliphatic rings. The highest BCUT2D eigenvalue weighted by Gasteiger charge is 2.22. The largest absolute Gasteiger partial charge is 0.493 e. The van der Waals surface area contributed by atoms with E-state index >= 15 is 0 Å². The van der Waals surface area contributed by atoms with Gasteiger partial charge in [-0.15, -0.1) is 6.42 Å². The van der Waals surface area contributed by atoms with Crippen LogP contribution < -0.4 is 4.74 Å². The summed E-state index contributed by atoms with van der Waals surface area (Å²) >= 11 is 0. The van der Waals surface area contributed by atoms with Gasteiger partial charge in [0.2, 0.25) is 5.91 Å². The molecule has 1 amide bonds. The van der Waals surface area contributed by atoms with Crippen molar-refractivity contribution in [3.05, 3.63) is 30.3 Å². The van der Waals surface area contributed by atoms with Crippen LogP contribution in [-0.2, 0) is 9.53 Å². The van der Waals surface area contributed by atoms with Gasteiger partial charge in [0.05, 0.1) is 19.6 Å². The summed E-state index contributed by atoms with van der Waals surface area (Å²) in [6.45, 7) is 3.09. The lowest BCUT2D eigenvalue weighted by Crippen LogP contribution is -2.39. The molecule has 0 atom stereocenters. The third kappa shape index (κ3) is 5.42. The van der Waals surface area contributed by atoms with Crippen molar-refractivity contribution in [2.45, 2.75) is 19.3 Å². The second-order valence-electron chi connectivity index (χ2n) is 5.45. The molecule has 0 N–H and O–H groups in total. The van der Waals surface area contributed by atoms with Crippen LogP contribution in [0.2, 0.25) is 0 Å². The van der Waals surface area contributed by atoms with Crippen LogP contribution in [0.25, 0.3) is 0 Å². The Balaban J connectivity index is 1.62. The molecule has 0 unspecified atom stereocenters. The molecule has 0 radical (unpaired) electrons. The minimum atomic E-state index is 0.166. The van der Waals surface area contributed by atoms with E-state index in [4.69, 9.17) is 15.9 Å². The summed E-state index contributed by atoms with van der Waals surface area (Å²) in [5.74, 6) is 3.95. The minimum absolute atomic E-state index is 0.166. The lowest BCUT2D eigenvalue weighted by Gasteiger charge is -2.31. The van der Waals surface area contributed by atoms with Gasteiger partial charge in [0.15, 0.2) is 0 Å². The van der Waals surface area contributed by atoms with Crippen LogP contribution in [0.3, 0.4) is 0 Å². The topological polar surface area (TPSA) is 38.8 Å². The highest BCUT2D eigenvalue weighted by atomic mass is 16.5. The van der Waals surface area contributed by atoms with Gasteiger partial charge in [-0.1, -0.05) is 24.1 Å². The molecule has 0 bridgehead atoms. The van der Waals surface area contributed by atoms with E-state index in [1.165, 1.54) is 0 Å². The first-order chi connectivity index (χ1) is 10.8. The Hall–Kier alpha value is -1.99. The lowest BCUT2D eigenvalue weighted by molar-refractivity contribution is -0.133. The van der Waals surface area contributed by atoms with E-state index in [1.807, 2.05) is 35.2 Å².